The standard InChI is InChI=1S/C13H7Cl3O2/c14-8-1-2-11(13(17)18)12(6-8)7-3-9(15)5-10(16)4-7/h1-6H,(H,17,18). The molecule has 2 rings (SSSR count). The van der Waals surface area contributed by atoms with Crippen molar-refractivity contribution in [1.82, 2.24) is 0 Å². The number of aromatic carboxylic acids is 1. The molecule has 18 heavy (non-hydrogen) atoms. The van der Waals surface area contributed by atoms with Crippen LogP contribution in [0, 0.1) is 0 Å². The lowest BCUT2D eigenvalue weighted by Crippen LogP contribution is -1.99. The van der Waals surface area contributed by atoms with Gasteiger partial charge in [0.1, 0.15) is 0 Å². The Labute approximate surface area is 119 Å². The second-order valence-electron chi connectivity index (χ2n) is 3.65. The van der Waals surface area contributed by atoms with E-state index in [1.807, 2.05) is 0 Å². The normalized spacial score (nSPS) is 10.4. The molecule has 0 aliphatic heterocycles. The molecule has 0 aliphatic carbocycles. The van der Waals surface area contributed by atoms with E-state index in [0.29, 0.717) is 26.2 Å². The van der Waals surface area contributed by atoms with Gasteiger partial charge in [-0.1, -0.05) is 34.8 Å². The monoisotopic (exact) mass is 300 g/mol. The molecular weight excluding hydrogens is 294 g/mol. The van der Waals surface area contributed by atoms with Gasteiger partial charge in [0.25, 0.3) is 0 Å². The van der Waals surface area contributed by atoms with Gasteiger partial charge in [0, 0.05) is 15.1 Å². The predicted molar refractivity (Wildman–Crippen MR) is 73.9 cm³/mol. The Morgan fingerprint density at radius 1 is 0.889 bits per heavy atom. The fourth-order valence-electron chi connectivity index (χ4n) is 1.65. The number of halogens is 3. The minimum absolute atomic E-state index is 0.151. The van der Waals surface area contributed by atoms with E-state index in [1.165, 1.54) is 12.1 Å². The average Bonchev–Trinajstić information content (AvgIpc) is 2.27. The van der Waals surface area contributed by atoms with Crippen molar-refractivity contribution in [2.45, 2.75) is 0 Å². The van der Waals surface area contributed by atoms with Crippen LogP contribution < -0.4 is 0 Å². The first-order chi connectivity index (χ1) is 8.47. The summed E-state index contributed by atoms with van der Waals surface area (Å²) < 4.78 is 0. The van der Waals surface area contributed by atoms with Gasteiger partial charge in [-0.2, -0.15) is 0 Å². The lowest BCUT2D eigenvalue weighted by molar-refractivity contribution is 0.0698. The Balaban J connectivity index is 2.68. The maximum atomic E-state index is 11.2. The largest absolute Gasteiger partial charge is 0.478 e. The molecule has 0 aliphatic rings. The first kappa shape index (κ1) is 13.2. The van der Waals surface area contributed by atoms with Gasteiger partial charge in [0.2, 0.25) is 0 Å². The van der Waals surface area contributed by atoms with Crippen LogP contribution in [0.1, 0.15) is 10.4 Å². The maximum absolute atomic E-state index is 11.2. The van der Waals surface area contributed by atoms with E-state index in [0.717, 1.165) is 0 Å². The van der Waals surface area contributed by atoms with Crippen LogP contribution in [0.25, 0.3) is 11.1 Å². The zero-order valence-electron chi connectivity index (χ0n) is 8.95. The van der Waals surface area contributed by atoms with Gasteiger partial charge < -0.3 is 5.11 Å². The zero-order chi connectivity index (χ0) is 13.3. The summed E-state index contributed by atoms with van der Waals surface area (Å²) in [4.78, 5) is 11.2. The third kappa shape index (κ3) is 2.78. The molecule has 0 atom stereocenters. The van der Waals surface area contributed by atoms with Gasteiger partial charge >= 0.3 is 5.97 Å². The van der Waals surface area contributed by atoms with Crippen molar-refractivity contribution in [2.75, 3.05) is 0 Å². The smallest absolute Gasteiger partial charge is 0.336 e. The molecule has 2 aromatic rings. The lowest BCUT2D eigenvalue weighted by atomic mass is 10.00. The quantitative estimate of drug-likeness (QED) is 0.846. The molecule has 0 fully saturated rings. The Bertz CT molecular complexity index is 603. The summed E-state index contributed by atoms with van der Waals surface area (Å²) >= 11 is 17.7. The second-order valence-corrected chi connectivity index (χ2v) is 4.96. The molecule has 0 saturated carbocycles. The Kier molecular flexibility index (Phi) is 3.81. The van der Waals surface area contributed by atoms with Gasteiger partial charge in [-0.15, -0.1) is 0 Å². The Morgan fingerprint density at radius 2 is 1.50 bits per heavy atom. The molecule has 0 bridgehead atoms. The molecule has 0 saturated heterocycles. The maximum Gasteiger partial charge on any atom is 0.336 e. The first-order valence-corrected chi connectivity index (χ1v) is 6.10. The summed E-state index contributed by atoms with van der Waals surface area (Å²) in [6, 6.07) is 9.43. The molecule has 92 valence electrons. The van der Waals surface area contributed by atoms with Crippen molar-refractivity contribution < 1.29 is 9.90 Å². The van der Waals surface area contributed by atoms with Crippen molar-refractivity contribution in [1.29, 1.82) is 0 Å². The fraction of sp³-hybridized carbons (Fsp3) is 0. The molecule has 0 unspecified atom stereocenters. The number of hydrogen-bond donors (Lipinski definition) is 1. The van der Waals surface area contributed by atoms with E-state index in [-0.39, 0.29) is 5.56 Å². The van der Waals surface area contributed by atoms with Gasteiger partial charge in [0.05, 0.1) is 5.56 Å². The van der Waals surface area contributed by atoms with Crippen LogP contribution in [-0.4, -0.2) is 11.1 Å². The van der Waals surface area contributed by atoms with Gasteiger partial charge in [-0.25, -0.2) is 4.79 Å². The number of carboxylic acid groups (broad SMARTS) is 1. The summed E-state index contributed by atoms with van der Waals surface area (Å²) in [5.74, 6) is -1.03. The van der Waals surface area contributed by atoms with E-state index in [9.17, 15) is 4.79 Å². The van der Waals surface area contributed by atoms with Crippen LogP contribution in [0.15, 0.2) is 36.4 Å². The van der Waals surface area contributed by atoms with E-state index in [1.54, 1.807) is 24.3 Å². The molecule has 0 aromatic heterocycles. The summed E-state index contributed by atoms with van der Waals surface area (Å²) in [6.07, 6.45) is 0. The summed E-state index contributed by atoms with van der Waals surface area (Å²) in [7, 11) is 0. The molecule has 0 radical (unpaired) electrons. The third-order valence-electron chi connectivity index (χ3n) is 2.39. The molecule has 2 aromatic carbocycles. The highest BCUT2D eigenvalue weighted by molar-refractivity contribution is 6.35. The Morgan fingerprint density at radius 3 is 2.06 bits per heavy atom. The minimum atomic E-state index is -1.03. The van der Waals surface area contributed by atoms with Gasteiger partial charge in [0.15, 0.2) is 0 Å². The molecule has 0 amide bonds. The van der Waals surface area contributed by atoms with Crippen molar-refractivity contribution in [2.24, 2.45) is 0 Å². The SMILES string of the molecule is O=C(O)c1ccc(Cl)cc1-c1cc(Cl)cc(Cl)c1. The second kappa shape index (κ2) is 5.19. The van der Waals surface area contributed by atoms with Gasteiger partial charge in [-0.3, -0.25) is 0 Å². The molecule has 0 heterocycles. The highest BCUT2D eigenvalue weighted by atomic mass is 35.5. The summed E-state index contributed by atoms with van der Waals surface area (Å²) in [6.45, 7) is 0. The molecule has 0 spiro atoms. The van der Waals surface area contributed by atoms with Gasteiger partial charge in [-0.05, 0) is 47.5 Å². The van der Waals surface area contributed by atoms with Crippen LogP contribution in [0.3, 0.4) is 0 Å². The van der Waals surface area contributed by atoms with Crippen LogP contribution in [0.4, 0.5) is 0 Å². The summed E-state index contributed by atoms with van der Waals surface area (Å²) in [5.41, 5.74) is 1.25. The van der Waals surface area contributed by atoms with Crippen LogP contribution >= 0.6 is 34.8 Å². The van der Waals surface area contributed by atoms with Crippen molar-refractivity contribution in [3.63, 3.8) is 0 Å². The van der Waals surface area contributed by atoms with Crippen LogP contribution in [0.5, 0.6) is 0 Å². The summed E-state index contributed by atoms with van der Waals surface area (Å²) in [5, 5.41) is 10.5. The average molecular weight is 302 g/mol. The molecule has 2 nitrogen and oxygen atoms in total. The van der Waals surface area contributed by atoms with Crippen molar-refractivity contribution in [3.8, 4) is 11.1 Å². The van der Waals surface area contributed by atoms with E-state index in [4.69, 9.17) is 39.9 Å². The van der Waals surface area contributed by atoms with E-state index in [2.05, 4.69) is 0 Å². The minimum Gasteiger partial charge on any atom is -0.478 e. The highest BCUT2D eigenvalue weighted by Gasteiger charge is 2.13. The van der Waals surface area contributed by atoms with E-state index < -0.39 is 5.97 Å². The first-order valence-electron chi connectivity index (χ1n) is 4.96. The van der Waals surface area contributed by atoms with Crippen LogP contribution in [-0.2, 0) is 0 Å². The van der Waals surface area contributed by atoms with Crippen molar-refractivity contribution in [3.05, 3.63) is 57.0 Å². The zero-order valence-corrected chi connectivity index (χ0v) is 11.2. The predicted octanol–water partition coefficient (Wildman–Crippen LogP) is 5.01. The van der Waals surface area contributed by atoms with E-state index >= 15 is 0 Å². The molecular formula is C13H7Cl3O2. The number of rotatable bonds is 2. The molecule has 5 heteroatoms. The topological polar surface area (TPSA) is 37.3 Å². The number of benzene rings is 2. The third-order valence-corrected chi connectivity index (χ3v) is 3.06. The number of carboxylic acids is 1. The van der Waals surface area contributed by atoms with Crippen molar-refractivity contribution >= 4 is 40.8 Å². The Hall–Kier alpha value is -1.22. The number of hydrogen-bond acceptors (Lipinski definition) is 1. The highest BCUT2D eigenvalue weighted by Crippen LogP contribution is 2.31. The van der Waals surface area contributed by atoms with Crippen LogP contribution in [0.2, 0.25) is 15.1 Å². The number of carbonyl (C=O) groups is 1. The lowest BCUT2D eigenvalue weighted by Gasteiger charge is -2.08. The molecule has 1 N–H and O–H groups in total. The fourth-order valence-corrected chi connectivity index (χ4v) is 2.35.